The van der Waals surface area contributed by atoms with Gasteiger partial charge in [-0.3, -0.25) is 4.90 Å². The molecule has 0 saturated carbocycles. The number of nitrogens with zero attached hydrogens (tertiary/aromatic N) is 4. The van der Waals surface area contributed by atoms with E-state index in [0.717, 1.165) is 83.6 Å². The summed E-state index contributed by atoms with van der Waals surface area (Å²) in [4.78, 5) is 11.7. The average Bonchev–Trinajstić information content (AvgIpc) is 2.81. The van der Waals surface area contributed by atoms with Crippen molar-refractivity contribution in [3.63, 3.8) is 0 Å². The van der Waals surface area contributed by atoms with Gasteiger partial charge in [0.2, 0.25) is 0 Å². The Labute approximate surface area is 193 Å². The van der Waals surface area contributed by atoms with Gasteiger partial charge in [0.1, 0.15) is 5.82 Å². The van der Waals surface area contributed by atoms with Crippen molar-refractivity contribution >= 4 is 11.6 Å². The Morgan fingerprint density at radius 3 is 2.41 bits per heavy atom. The van der Waals surface area contributed by atoms with Gasteiger partial charge in [0, 0.05) is 57.9 Å². The van der Waals surface area contributed by atoms with Crippen LogP contribution < -0.4 is 15.5 Å². The van der Waals surface area contributed by atoms with Gasteiger partial charge >= 0.3 is 0 Å². The number of nitrogens with one attached hydrogen (secondary N) is 2. The van der Waals surface area contributed by atoms with Crippen molar-refractivity contribution in [3.8, 4) is 0 Å². The number of hydrogen-bond donors (Lipinski definition) is 2. The summed E-state index contributed by atoms with van der Waals surface area (Å²) in [6, 6.07) is 5.53. The first kappa shape index (κ1) is 24.7. The number of ether oxygens (including phenoxy) is 1. The van der Waals surface area contributed by atoms with E-state index in [9.17, 15) is 4.39 Å². The Morgan fingerprint density at radius 1 is 1.06 bits per heavy atom. The molecule has 0 aromatic heterocycles. The summed E-state index contributed by atoms with van der Waals surface area (Å²) in [7, 11) is 0. The highest BCUT2D eigenvalue weighted by Crippen LogP contribution is 2.22. The number of morpholine rings is 1. The minimum absolute atomic E-state index is 0.00444. The number of benzene rings is 1. The van der Waals surface area contributed by atoms with Gasteiger partial charge in [-0.05, 0) is 45.0 Å². The number of halogens is 1. The molecule has 2 saturated heterocycles. The smallest absolute Gasteiger partial charge is 0.191 e. The molecule has 32 heavy (non-hydrogen) atoms. The Morgan fingerprint density at radius 2 is 1.78 bits per heavy atom. The number of rotatable bonds is 8. The second-order valence-corrected chi connectivity index (χ2v) is 9.17. The summed E-state index contributed by atoms with van der Waals surface area (Å²) in [5.41, 5.74) is 1.57. The molecule has 2 aliphatic heterocycles. The van der Waals surface area contributed by atoms with Crippen molar-refractivity contribution in [3.05, 3.63) is 29.6 Å². The molecule has 0 bridgehead atoms. The molecule has 3 rings (SSSR count). The molecule has 0 aliphatic carbocycles. The number of anilines is 1. The van der Waals surface area contributed by atoms with Crippen molar-refractivity contribution in [1.29, 1.82) is 0 Å². The van der Waals surface area contributed by atoms with E-state index in [1.165, 1.54) is 0 Å². The molecule has 2 heterocycles. The van der Waals surface area contributed by atoms with Gasteiger partial charge in [-0.25, -0.2) is 9.38 Å². The molecular weight excluding hydrogens is 407 g/mol. The van der Waals surface area contributed by atoms with Crippen LogP contribution in [0.5, 0.6) is 0 Å². The van der Waals surface area contributed by atoms with Crippen LogP contribution in [0.25, 0.3) is 0 Å². The lowest BCUT2D eigenvalue weighted by atomic mass is 10.0. The molecule has 7 nitrogen and oxygen atoms in total. The van der Waals surface area contributed by atoms with Crippen LogP contribution in [-0.2, 0) is 11.3 Å². The van der Waals surface area contributed by atoms with Crippen molar-refractivity contribution in [2.24, 2.45) is 4.99 Å². The topological polar surface area (TPSA) is 55.4 Å². The Bertz CT molecular complexity index is 742. The van der Waals surface area contributed by atoms with E-state index in [-0.39, 0.29) is 11.4 Å². The third kappa shape index (κ3) is 6.80. The summed E-state index contributed by atoms with van der Waals surface area (Å²) < 4.78 is 20.3. The van der Waals surface area contributed by atoms with E-state index < -0.39 is 0 Å². The number of likely N-dealkylation sites (N-methyl/N-ethyl adjacent to an activating group) is 1. The van der Waals surface area contributed by atoms with Crippen LogP contribution in [0.4, 0.5) is 10.1 Å². The van der Waals surface area contributed by atoms with Crippen LogP contribution in [0, 0.1) is 5.82 Å². The van der Waals surface area contributed by atoms with Crippen LogP contribution in [0.1, 0.15) is 33.3 Å². The highest BCUT2D eigenvalue weighted by molar-refractivity contribution is 5.79. The lowest BCUT2D eigenvalue weighted by Gasteiger charge is -2.41. The van der Waals surface area contributed by atoms with Crippen LogP contribution in [-0.4, -0.2) is 93.4 Å². The molecule has 2 fully saturated rings. The zero-order chi connectivity index (χ0) is 23.0. The second-order valence-electron chi connectivity index (χ2n) is 9.17. The van der Waals surface area contributed by atoms with Gasteiger partial charge in [-0.2, -0.15) is 0 Å². The fraction of sp³-hybridized carbons (Fsp3) is 0.708. The lowest BCUT2D eigenvalue weighted by molar-refractivity contribution is -0.00834. The zero-order valence-electron chi connectivity index (χ0n) is 20.3. The van der Waals surface area contributed by atoms with E-state index in [0.29, 0.717) is 12.2 Å². The molecular formula is C24H41FN6O. The first-order chi connectivity index (χ1) is 15.4. The molecule has 0 amide bonds. The molecule has 0 spiro atoms. The molecule has 1 aromatic rings. The number of piperazine rings is 1. The van der Waals surface area contributed by atoms with Crippen molar-refractivity contribution in [1.82, 2.24) is 20.4 Å². The van der Waals surface area contributed by atoms with E-state index in [1.807, 2.05) is 12.1 Å². The van der Waals surface area contributed by atoms with Crippen LogP contribution >= 0.6 is 0 Å². The number of guanidine groups is 1. The first-order valence-electron chi connectivity index (χ1n) is 12.0. The molecule has 0 radical (unpaired) electrons. The normalized spacial score (nSPS) is 19.3. The minimum Gasteiger partial charge on any atom is -0.379 e. The standard InChI is InChI=1S/C24H41FN6O/c1-5-26-23(28-19-24(3,4)31-13-15-32-16-14-31)27-18-20-7-8-22(21(25)17-20)30-11-9-29(6-2)10-12-30/h7-8,17H,5-6,9-16,18-19H2,1-4H3,(H2,26,27,28). The Balaban J connectivity index is 1.57. The fourth-order valence-electron chi connectivity index (χ4n) is 4.30. The molecule has 0 unspecified atom stereocenters. The predicted octanol–water partition coefficient (Wildman–Crippen LogP) is 2.13. The largest absolute Gasteiger partial charge is 0.379 e. The zero-order valence-corrected chi connectivity index (χ0v) is 20.3. The summed E-state index contributed by atoms with van der Waals surface area (Å²) in [6.07, 6.45) is 0. The van der Waals surface area contributed by atoms with Crippen molar-refractivity contribution in [2.75, 3.05) is 77.0 Å². The molecule has 180 valence electrons. The SMILES string of the molecule is CCNC(=NCc1ccc(N2CCN(CC)CC2)c(F)c1)NCC(C)(C)N1CCOCC1. The number of aliphatic imine (C=N–C) groups is 1. The van der Waals surface area contributed by atoms with Crippen molar-refractivity contribution < 1.29 is 9.13 Å². The van der Waals surface area contributed by atoms with E-state index in [2.05, 4.69) is 53.0 Å². The third-order valence-corrected chi connectivity index (χ3v) is 6.49. The monoisotopic (exact) mass is 448 g/mol. The Hall–Kier alpha value is -1.90. The van der Waals surface area contributed by atoms with Gasteiger partial charge in [-0.15, -0.1) is 0 Å². The van der Waals surface area contributed by atoms with Crippen LogP contribution in [0.15, 0.2) is 23.2 Å². The third-order valence-electron chi connectivity index (χ3n) is 6.49. The van der Waals surface area contributed by atoms with E-state index >= 15 is 0 Å². The molecule has 2 N–H and O–H groups in total. The van der Waals surface area contributed by atoms with Gasteiger partial charge < -0.3 is 25.2 Å². The van der Waals surface area contributed by atoms with Crippen LogP contribution in [0.2, 0.25) is 0 Å². The summed E-state index contributed by atoms with van der Waals surface area (Å²) in [6.45, 7) is 18.9. The molecule has 1 aromatic carbocycles. The summed E-state index contributed by atoms with van der Waals surface area (Å²) in [5, 5.41) is 6.77. The van der Waals surface area contributed by atoms with E-state index in [4.69, 9.17) is 9.73 Å². The highest BCUT2D eigenvalue weighted by Gasteiger charge is 2.28. The number of hydrogen-bond acceptors (Lipinski definition) is 5. The molecule has 8 heteroatoms. The summed E-state index contributed by atoms with van der Waals surface area (Å²) in [5.74, 6) is 0.600. The maximum absolute atomic E-state index is 14.8. The maximum atomic E-state index is 14.8. The van der Waals surface area contributed by atoms with Gasteiger partial charge in [0.15, 0.2) is 5.96 Å². The van der Waals surface area contributed by atoms with Gasteiger partial charge in [0.25, 0.3) is 0 Å². The molecule has 2 aliphatic rings. The van der Waals surface area contributed by atoms with Gasteiger partial charge in [0.05, 0.1) is 25.4 Å². The second kappa shape index (κ2) is 11.8. The highest BCUT2D eigenvalue weighted by atomic mass is 19.1. The average molecular weight is 449 g/mol. The Kier molecular flexibility index (Phi) is 9.13. The van der Waals surface area contributed by atoms with Crippen molar-refractivity contribution in [2.45, 2.75) is 39.8 Å². The minimum atomic E-state index is -0.158. The molecule has 0 atom stereocenters. The fourth-order valence-corrected chi connectivity index (χ4v) is 4.30. The first-order valence-corrected chi connectivity index (χ1v) is 12.0. The van der Waals surface area contributed by atoms with E-state index in [1.54, 1.807) is 6.07 Å². The van der Waals surface area contributed by atoms with Crippen LogP contribution in [0.3, 0.4) is 0 Å². The summed E-state index contributed by atoms with van der Waals surface area (Å²) >= 11 is 0. The van der Waals surface area contributed by atoms with Gasteiger partial charge in [-0.1, -0.05) is 13.0 Å². The quantitative estimate of drug-likeness (QED) is 0.470. The lowest BCUT2D eigenvalue weighted by Crippen LogP contribution is -2.56. The maximum Gasteiger partial charge on any atom is 0.191 e. The predicted molar refractivity (Wildman–Crippen MR) is 130 cm³/mol.